The molecule has 7 rings (SSSR count). The van der Waals surface area contributed by atoms with Crippen LogP contribution in [0.15, 0.2) is 24.3 Å². The first-order valence-corrected chi connectivity index (χ1v) is 30.0. The Balaban J connectivity index is 1.45. The van der Waals surface area contributed by atoms with Gasteiger partial charge in [-0.25, -0.2) is 18.0 Å². The van der Waals surface area contributed by atoms with E-state index in [-0.39, 0.29) is 103 Å². The summed E-state index contributed by atoms with van der Waals surface area (Å²) in [6.07, 6.45) is 2.76. The summed E-state index contributed by atoms with van der Waals surface area (Å²) in [6.45, 7) is 30.8. The van der Waals surface area contributed by atoms with Crippen molar-refractivity contribution in [3.63, 3.8) is 0 Å². The Bertz CT molecular complexity index is 2650. The molecule has 0 spiro atoms. The number of carbonyl (C=O) groups is 1. The van der Waals surface area contributed by atoms with Crippen molar-refractivity contribution in [1.29, 1.82) is 0 Å². The minimum atomic E-state index is -2.42. The average molecular weight is 1010 g/mol. The van der Waals surface area contributed by atoms with Crippen molar-refractivity contribution in [2.75, 3.05) is 52.2 Å². The SMILES string of the molecule is COCOc1cc(-c2c(F)c(OC)c3c(N4CC5CCC(C4)N5C(=O)OC(C)(C)C)nc(OCC4(CO[Si](C)(C)C(C)(C)C)CC4)nc3c2F)c2c(C#C[Si](C(C)C)(C(C)C)C(C)C)c(F)ccc2c1. The van der Waals surface area contributed by atoms with Crippen LogP contribution in [0.25, 0.3) is 32.8 Å². The molecular formula is C54H75F3N4O7Si2. The number of amides is 1. The van der Waals surface area contributed by atoms with E-state index in [1.54, 1.807) is 17.0 Å². The van der Waals surface area contributed by atoms with Crippen LogP contribution in [0.2, 0.25) is 34.8 Å². The van der Waals surface area contributed by atoms with E-state index in [1.165, 1.54) is 26.4 Å². The quantitative estimate of drug-likeness (QED) is 0.0649. The summed E-state index contributed by atoms with van der Waals surface area (Å²) in [7, 11) is -1.73. The van der Waals surface area contributed by atoms with Crippen LogP contribution in [0, 0.1) is 34.3 Å². The first kappa shape index (κ1) is 53.2. The number of aromatic nitrogens is 2. The number of methoxy groups -OCH3 is 2. The molecule has 4 aromatic rings. The largest absolute Gasteiger partial charge is 0.493 e. The van der Waals surface area contributed by atoms with E-state index in [0.29, 0.717) is 37.9 Å². The van der Waals surface area contributed by atoms with Gasteiger partial charge in [0.05, 0.1) is 42.3 Å². The molecule has 0 radical (unpaired) electrons. The van der Waals surface area contributed by atoms with Crippen LogP contribution in [0.4, 0.5) is 23.8 Å². The van der Waals surface area contributed by atoms with Crippen LogP contribution >= 0.6 is 0 Å². The van der Waals surface area contributed by atoms with E-state index in [1.807, 2.05) is 25.7 Å². The van der Waals surface area contributed by atoms with E-state index < -0.39 is 51.1 Å². The molecule has 1 amide bonds. The van der Waals surface area contributed by atoms with Crippen molar-refractivity contribution in [3.05, 3.63) is 47.3 Å². The summed E-state index contributed by atoms with van der Waals surface area (Å²) in [5, 5.41) is 0.691. The first-order valence-electron chi connectivity index (χ1n) is 24.9. The second-order valence-electron chi connectivity index (χ2n) is 23.3. The van der Waals surface area contributed by atoms with Crippen LogP contribution < -0.4 is 19.1 Å². The summed E-state index contributed by atoms with van der Waals surface area (Å²) in [5.74, 6) is 0.745. The summed E-state index contributed by atoms with van der Waals surface area (Å²) in [5.41, 5.74) is 2.67. The maximum atomic E-state index is 18.3. The summed E-state index contributed by atoms with van der Waals surface area (Å²) in [4.78, 5) is 27.0. The fraction of sp³-hybridized carbons (Fsp3) is 0.611. The molecule has 2 aliphatic heterocycles. The van der Waals surface area contributed by atoms with Gasteiger partial charge in [0.15, 0.2) is 32.5 Å². The Labute approximate surface area is 415 Å². The van der Waals surface area contributed by atoms with Gasteiger partial charge in [-0.3, -0.25) is 4.90 Å². The van der Waals surface area contributed by atoms with Crippen LogP contribution in [-0.4, -0.2) is 102 Å². The Hall–Kier alpha value is -4.57. The molecule has 382 valence electrons. The number of carbonyl (C=O) groups excluding carboxylic acids is 1. The molecule has 1 aliphatic carbocycles. The summed E-state index contributed by atoms with van der Waals surface area (Å²) in [6, 6.07) is 5.45. The van der Waals surface area contributed by atoms with Crippen LogP contribution in [-0.2, 0) is 13.9 Å². The van der Waals surface area contributed by atoms with E-state index in [9.17, 15) is 4.79 Å². The second kappa shape index (κ2) is 19.8. The lowest BCUT2D eigenvalue weighted by atomic mass is 9.92. The number of hydrogen-bond acceptors (Lipinski definition) is 10. The third kappa shape index (κ3) is 10.2. The Kier molecular flexibility index (Phi) is 15.1. The smallest absolute Gasteiger partial charge is 0.410 e. The van der Waals surface area contributed by atoms with E-state index in [0.717, 1.165) is 12.8 Å². The molecule has 1 aromatic heterocycles. The predicted octanol–water partition coefficient (Wildman–Crippen LogP) is 13.2. The molecule has 2 atom stereocenters. The molecular weight excluding hydrogens is 930 g/mol. The highest BCUT2D eigenvalue weighted by atomic mass is 28.4. The lowest BCUT2D eigenvalue weighted by Gasteiger charge is -2.42. The molecule has 2 bridgehead atoms. The van der Waals surface area contributed by atoms with Crippen molar-refractivity contribution < 1.29 is 46.1 Å². The molecule has 70 heavy (non-hydrogen) atoms. The number of rotatable bonds is 15. The highest BCUT2D eigenvalue weighted by molar-refractivity contribution is 6.90. The number of piperazine rings is 1. The molecule has 3 heterocycles. The lowest BCUT2D eigenvalue weighted by molar-refractivity contribution is 0.0122. The van der Waals surface area contributed by atoms with Gasteiger partial charge in [0.1, 0.15) is 36.6 Å². The van der Waals surface area contributed by atoms with Gasteiger partial charge < -0.3 is 33.0 Å². The Morgan fingerprint density at radius 1 is 0.857 bits per heavy atom. The Morgan fingerprint density at radius 3 is 2.03 bits per heavy atom. The maximum absolute atomic E-state index is 18.3. The van der Waals surface area contributed by atoms with Gasteiger partial charge in [-0.15, -0.1) is 5.54 Å². The Morgan fingerprint density at radius 2 is 1.49 bits per heavy atom. The summed E-state index contributed by atoms with van der Waals surface area (Å²) >= 11 is 0. The predicted molar refractivity (Wildman–Crippen MR) is 277 cm³/mol. The van der Waals surface area contributed by atoms with Crippen molar-refractivity contribution in [3.8, 4) is 40.1 Å². The van der Waals surface area contributed by atoms with Gasteiger partial charge in [0.25, 0.3) is 0 Å². The number of fused-ring (bicyclic) bond motifs is 4. The first-order chi connectivity index (χ1) is 32.7. The number of ether oxygens (including phenoxy) is 5. The number of nitrogens with zero attached hydrogens (tertiary/aromatic N) is 4. The number of hydrogen-bond donors (Lipinski definition) is 0. The van der Waals surface area contributed by atoms with Gasteiger partial charge in [-0.05, 0) is 105 Å². The molecule has 3 fully saturated rings. The highest BCUT2D eigenvalue weighted by Gasteiger charge is 2.49. The minimum absolute atomic E-state index is 0.000118. The summed E-state index contributed by atoms with van der Waals surface area (Å²) < 4.78 is 89.0. The third-order valence-electron chi connectivity index (χ3n) is 15.5. The molecule has 3 aromatic carbocycles. The average Bonchev–Trinajstić information content (AvgIpc) is 3.99. The van der Waals surface area contributed by atoms with E-state index in [4.69, 9.17) is 38.1 Å². The molecule has 11 nitrogen and oxygen atoms in total. The molecule has 16 heteroatoms. The second-order valence-corrected chi connectivity index (χ2v) is 33.7. The van der Waals surface area contributed by atoms with Gasteiger partial charge in [-0.1, -0.05) is 74.3 Å². The molecule has 2 unspecified atom stereocenters. The van der Waals surface area contributed by atoms with Gasteiger partial charge >= 0.3 is 12.1 Å². The fourth-order valence-electron chi connectivity index (χ4n) is 10.5. The monoisotopic (exact) mass is 1000 g/mol. The molecule has 2 saturated heterocycles. The molecule has 1 saturated carbocycles. The van der Waals surface area contributed by atoms with Crippen molar-refractivity contribution >= 4 is 50.0 Å². The van der Waals surface area contributed by atoms with E-state index >= 15 is 13.2 Å². The topological polar surface area (TPSA) is 105 Å². The number of anilines is 1. The molecule has 0 N–H and O–H groups in total. The van der Waals surface area contributed by atoms with Crippen LogP contribution in [0.5, 0.6) is 17.5 Å². The number of benzene rings is 3. The standard InChI is InChI=1S/C54H75F3N4O7Si2/c1-32(2)70(33(3)4,34(5)6)24-21-39-41(55)20-17-35-25-38(66-31-63-13)26-40(42(35)39)43-45(56)47-44(48(64-14)46(43)57)49(60-27-36-18-19-37(28-60)61(36)51(62)68-52(7,8)9)59-50(58-47)65-29-54(22-23-54)30-67-69(15,16)53(10,11)12/h17,20,25-26,32-34,36-37H,18-19,22-23,27-31H2,1-16H3. The van der Waals surface area contributed by atoms with Crippen LogP contribution in [0.1, 0.15) is 114 Å². The zero-order chi connectivity index (χ0) is 51.5. The third-order valence-corrected chi connectivity index (χ3v) is 26.2. The van der Waals surface area contributed by atoms with Crippen molar-refractivity contribution in [2.24, 2.45) is 5.41 Å². The highest BCUT2D eigenvalue weighted by Crippen LogP contribution is 2.50. The fourth-order valence-corrected chi connectivity index (χ4v) is 16.8. The van der Waals surface area contributed by atoms with Gasteiger partial charge in [0.2, 0.25) is 0 Å². The zero-order valence-corrected chi connectivity index (χ0v) is 46.3. The van der Waals surface area contributed by atoms with E-state index in [2.05, 4.69) is 86.9 Å². The lowest BCUT2D eigenvalue weighted by Crippen LogP contribution is -2.57. The molecule has 3 aliphatic rings. The number of halogens is 3. The van der Waals surface area contributed by atoms with Crippen LogP contribution in [0.3, 0.4) is 0 Å². The zero-order valence-electron chi connectivity index (χ0n) is 44.3. The van der Waals surface area contributed by atoms with Crippen molar-refractivity contribution in [1.82, 2.24) is 14.9 Å². The minimum Gasteiger partial charge on any atom is -0.493 e. The maximum Gasteiger partial charge on any atom is 0.410 e. The van der Waals surface area contributed by atoms with Gasteiger partial charge in [0, 0.05) is 43.2 Å². The van der Waals surface area contributed by atoms with Crippen molar-refractivity contribution in [2.45, 2.75) is 161 Å². The normalized spacial score (nSPS) is 18.3. The van der Waals surface area contributed by atoms with Gasteiger partial charge in [-0.2, -0.15) is 9.97 Å².